The third-order valence-corrected chi connectivity index (χ3v) is 3.50. The Morgan fingerprint density at radius 1 is 1.22 bits per heavy atom. The largest absolute Gasteiger partial charge is 0.475 e. The minimum Gasteiger partial charge on any atom is -0.475 e. The quantitative estimate of drug-likeness (QED) is 0.644. The van der Waals surface area contributed by atoms with E-state index in [2.05, 4.69) is 20.3 Å². The Morgan fingerprint density at radius 3 is 2.41 bits per heavy atom. The first-order valence-corrected chi connectivity index (χ1v) is 7.70. The van der Waals surface area contributed by atoms with Crippen LogP contribution in [0.3, 0.4) is 0 Å². The van der Waals surface area contributed by atoms with Crippen molar-refractivity contribution in [2.75, 3.05) is 11.9 Å². The van der Waals surface area contributed by atoms with Gasteiger partial charge in [-0.15, -0.1) is 12.4 Å². The minimum atomic E-state index is -4.48. The Balaban J connectivity index is 0.00000364. The van der Waals surface area contributed by atoms with E-state index in [0.717, 1.165) is 12.1 Å². The minimum absolute atomic E-state index is 0. The van der Waals surface area contributed by atoms with E-state index < -0.39 is 29.9 Å². The lowest BCUT2D eigenvalue weighted by Crippen LogP contribution is -2.25. The number of anilines is 1. The van der Waals surface area contributed by atoms with E-state index in [4.69, 9.17) is 16.3 Å². The lowest BCUT2D eigenvalue weighted by Gasteiger charge is -2.17. The molecule has 150 valence electrons. The molecule has 0 fully saturated rings. The van der Waals surface area contributed by atoms with Gasteiger partial charge in [-0.05, 0) is 19.9 Å². The molecule has 12 heteroatoms. The molecule has 5 nitrogen and oxygen atoms in total. The average Bonchev–Trinajstić information content (AvgIpc) is 2.55. The number of nitrogens with zero attached hydrogens (tertiary/aromatic N) is 3. The van der Waals surface area contributed by atoms with Crippen LogP contribution < -0.4 is 10.1 Å². The monoisotopic (exact) mass is 432 g/mol. The zero-order valence-corrected chi connectivity index (χ0v) is 15.6. The van der Waals surface area contributed by atoms with Gasteiger partial charge in [-0.25, -0.2) is 23.7 Å². The van der Waals surface area contributed by atoms with Crippen molar-refractivity contribution in [3.63, 3.8) is 0 Å². The van der Waals surface area contributed by atoms with Crippen LogP contribution in [0.15, 0.2) is 18.3 Å². The van der Waals surface area contributed by atoms with Crippen molar-refractivity contribution >= 4 is 29.8 Å². The van der Waals surface area contributed by atoms with Crippen LogP contribution in [0.5, 0.6) is 5.88 Å². The number of pyridine rings is 1. The maximum Gasteiger partial charge on any atom is 0.417 e. The van der Waals surface area contributed by atoms with Crippen molar-refractivity contribution < 1.29 is 26.7 Å². The number of rotatable bonds is 6. The Hall–Kier alpha value is -1.94. The second-order valence-corrected chi connectivity index (χ2v) is 5.74. The maximum absolute atomic E-state index is 12.9. The van der Waals surface area contributed by atoms with E-state index in [9.17, 15) is 22.0 Å². The Bertz CT molecular complexity index is 759. The molecule has 2 rings (SSSR count). The smallest absolute Gasteiger partial charge is 0.417 e. The van der Waals surface area contributed by atoms with Gasteiger partial charge in [-0.1, -0.05) is 11.6 Å². The molecule has 0 saturated heterocycles. The van der Waals surface area contributed by atoms with Crippen molar-refractivity contribution in [2.45, 2.75) is 32.5 Å². The van der Waals surface area contributed by atoms with Crippen LogP contribution in [-0.4, -0.2) is 27.6 Å². The topological polar surface area (TPSA) is 59.9 Å². The van der Waals surface area contributed by atoms with E-state index in [0.29, 0.717) is 6.20 Å². The van der Waals surface area contributed by atoms with Gasteiger partial charge in [0.25, 0.3) is 6.43 Å². The van der Waals surface area contributed by atoms with Crippen LogP contribution in [0, 0.1) is 6.92 Å². The molecule has 1 atom stereocenters. The highest BCUT2D eigenvalue weighted by molar-refractivity contribution is 6.33. The molecule has 2 aromatic heterocycles. The highest BCUT2D eigenvalue weighted by Crippen LogP contribution is 2.31. The number of hydrogen-bond donors (Lipinski definition) is 1. The molecule has 0 amide bonds. The van der Waals surface area contributed by atoms with Gasteiger partial charge in [0.1, 0.15) is 29.0 Å². The van der Waals surface area contributed by atoms with E-state index in [1.54, 1.807) is 6.92 Å². The van der Waals surface area contributed by atoms with Gasteiger partial charge in [0.05, 0.1) is 11.6 Å². The summed E-state index contributed by atoms with van der Waals surface area (Å²) in [6, 6.07) is 1.49. The fourth-order valence-corrected chi connectivity index (χ4v) is 2.16. The van der Waals surface area contributed by atoms with Crippen molar-refractivity contribution in [3.05, 3.63) is 40.4 Å². The molecule has 0 aliphatic carbocycles. The van der Waals surface area contributed by atoms with Gasteiger partial charge >= 0.3 is 6.18 Å². The molecular formula is C15H15Cl2F5N4O. The molecule has 0 saturated carbocycles. The van der Waals surface area contributed by atoms with Crippen LogP contribution in [0.2, 0.25) is 5.02 Å². The average molecular weight is 433 g/mol. The summed E-state index contributed by atoms with van der Waals surface area (Å²) in [5, 5.41) is 2.50. The molecule has 27 heavy (non-hydrogen) atoms. The number of alkyl halides is 5. The second-order valence-electron chi connectivity index (χ2n) is 5.36. The van der Waals surface area contributed by atoms with E-state index >= 15 is 0 Å². The third-order valence-electron chi connectivity index (χ3n) is 3.12. The van der Waals surface area contributed by atoms with Crippen molar-refractivity contribution in [3.8, 4) is 5.88 Å². The first-order valence-electron chi connectivity index (χ1n) is 7.32. The molecule has 2 heterocycles. The van der Waals surface area contributed by atoms with Crippen LogP contribution in [0.25, 0.3) is 0 Å². The first-order chi connectivity index (χ1) is 12.1. The molecule has 0 radical (unpaired) electrons. The molecular weight excluding hydrogens is 418 g/mol. The fourth-order valence-electron chi connectivity index (χ4n) is 1.94. The Morgan fingerprint density at radius 2 is 1.89 bits per heavy atom. The predicted molar refractivity (Wildman–Crippen MR) is 91.8 cm³/mol. The summed E-state index contributed by atoms with van der Waals surface area (Å²) in [4.78, 5) is 11.1. The molecule has 0 unspecified atom stereocenters. The van der Waals surface area contributed by atoms with Gasteiger partial charge < -0.3 is 10.1 Å². The highest BCUT2D eigenvalue weighted by Gasteiger charge is 2.30. The fraction of sp³-hybridized carbons (Fsp3) is 0.400. The van der Waals surface area contributed by atoms with Gasteiger partial charge in [0.2, 0.25) is 5.88 Å². The van der Waals surface area contributed by atoms with E-state index in [-0.39, 0.29) is 41.6 Å². The molecule has 1 N–H and O–H groups in total. The number of hydrogen-bond acceptors (Lipinski definition) is 5. The molecule has 0 aliphatic heterocycles. The van der Waals surface area contributed by atoms with Crippen LogP contribution in [-0.2, 0) is 6.18 Å². The first kappa shape index (κ1) is 23.1. The van der Waals surface area contributed by atoms with Gasteiger partial charge in [-0.3, -0.25) is 0 Å². The van der Waals surface area contributed by atoms with Gasteiger partial charge in [0.15, 0.2) is 0 Å². The summed E-state index contributed by atoms with van der Waals surface area (Å²) >= 11 is 5.87. The maximum atomic E-state index is 12.9. The Labute approximate surface area is 162 Å². The summed E-state index contributed by atoms with van der Waals surface area (Å²) < 4.78 is 68.5. The number of nitrogens with one attached hydrogen (secondary N) is 1. The van der Waals surface area contributed by atoms with E-state index in [1.807, 2.05) is 0 Å². The number of ether oxygens (including phenoxy) is 1. The van der Waals surface area contributed by atoms with Crippen LogP contribution >= 0.6 is 24.0 Å². The zero-order valence-electron chi connectivity index (χ0n) is 14.0. The number of aryl methyl sites for hydroxylation is 1. The van der Waals surface area contributed by atoms with Crippen LogP contribution in [0.4, 0.5) is 27.8 Å². The molecule has 2 aromatic rings. The normalized spacial score (nSPS) is 12.5. The molecule has 0 spiro atoms. The standard InChI is InChI=1S/C15H14ClF5N4O.ClH/c1-7(6-26-10-4-3-9(5-22-10)15(19,20)21)23-14-11(16)12(13(17)18)24-8(2)25-14;/h3-5,7,13H,6H2,1-2H3,(H,23,24,25);1H/t7-;/m1./s1. The summed E-state index contributed by atoms with van der Waals surface area (Å²) in [6.07, 6.45) is -6.68. The lowest BCUT2D eigenvalue weighted by molar-refractivity contribution is -0.137. The van der Waals surface area contributed by atoms with E-state index in [1.165, 1.54) is 6.92 Å². The molecule has 0 aromatic carbocycles. The zero-order chi connectivity index (χ0) is 19.5. The van der Waals surface area contributed by atoms with Gasteiger partial charge in [0, 0.05) is 12.3 Å². The molecule has 0 aliphatic rings. The third kappa shape index (κ3) is 6.31. The summed E-state index contributed by atoms with van der Waals surface area (Å²) in [5.41, 5.74) is -1.47. The molecule has 0 bridgehead atoms. The highest BCUT2D eigenvalue weighted by atomic mass is 35.5. The number of halogens is 7. The Kier molecular flexibility index (Phi) is 7.97. The summed E-state index contributed by atoms with van der Waals surface area (Å²) in [7, 11) is 0. The van der Waals surface area contributed by atoms with Crippen molar-refractivity contribution in [1.82, 2.24) is 15.0 Å². The number of aromatic nitrogens is 3. The van der Waals surface area contributed by atoms with Crippen LogP contribution in [0.1, 0.15) is 30.4 Å². The van der Waals surface area contributed by atoms with Gasteiger partial charge in [-0.2, -0.15) is 13.2 Å². The second kappa shape index (κ2) is 9.32. The van der Waals surface area contributed by atoms with Crippen molar-refractivity contribution in [1.29, 1.82) is 0 Å². The summed E-state index contributed by atoms with van der Waals surface area (Å²) in [5.74, 6) is 0.126. The lowest BCUT2D eigenvalue weighted by atomic mass is 10.3. The predicted octanol–water partition coefficient (Wildman–Crippen LogP) is 5.09. The summed E-state index contributed by atoms with van der Waals surface area (Å²) in [6.45, 7) is 3.09. The van der Waals surface area contributed by atoms with Crippen molar-refractivity contribution in [2.24, 2.45) is 0 Å². The SMILES string of the molecule is Cc1nc(N[C@H](C)COc2ccc(C(F)(F)F)cn2)c(Cl)c(C(F)F)n1.Cl.